The maximum atomic E-state index is 11.5. The maximum absolute atomic E-state index is 11.5. The third-order valence-electron chi connectivity index (χ3n) is 4.12. The van der Waals surface area contributed by atoms with Gasteiger partial charge < -0.3 is 10.6 Å². The molecule has 0 aromatic rings. The van der Waals surface area contributed by atoms with E-state index in [-0.39, 0.29) is 12.1 Å². The van der Waals surface area contributed by atoms with Crippen molar-refractivity contribution in [1.82, 2.24) is 10.6 Å². The molecule has 0 spiro atoms. The summed E-state index contributed by atoms with van der Waals surface area (Å²) in [4.78, 5) is 11.5. The van der Waals surface area contributed by atoms with Gasteiger partial charge in [0, 0.05) is 11.7 Å². The average molecular weight is 222 g/mol. The van der Waals surface area contributed by atoms with Crippen LogP contribution < -0.4 is 10.6 Å². The number of hydrogen-bond donors (Lipinski definition) is 2. The minimum Gasteiger partial charge on any atom is -0.335 e. The standard InChI is InChI=1S/C13H22N2O/c1-8(2)14-13(16)15-9(3)12-7-10-4-5-11(12)6-10/h9-12H,1,4-7H2,2-3H3,(H2,14,15,16). The molecule has 2 aliphatic carbocycles. The predicted octanol–water partition coefficient (Wildman–Crippen LogP) is 2.64. The molecule has 4 atom stereocenters. The van der Waals surface area contributed by atoms with Crippen LogP contribution in [-0.4, -0.2) is 12.1 Å². The van der Waals surface area contributed by atoms with E-state index in [4.69, 9.17) is 0 Å². The second kappa shape index (κ2) is 4.48. The molecule has 90 valence electrons. The molecule has 0 aliphatic heterocycles. The number of carbonyl (C=O) groups excluding carboxylic acids is 1. The Bertz CT molecular complexity index is 300. The molecule has 0 heterocycles. The van der Waals surface area contributed by atoms with Gasteiger partial charge in [-0.25, -0.2) is 4.79 Å². The van der Waals surface area contributed by atoms with Gasteiger partial charge in [0.1, 0.15) is 0 Å². The zero-order chi connectivity index (χ0) is 11.7. The first-order chi connectivity index (χ1) is 7.56. The maximum Gasteiger partial charge on any atom is 0.319 e. The van der Waals surface area contributed by atoms with Crippen molar-refractivity contribution < 1.29 is 4.79 Å². The average Bonchev–Trinajstić information content (AvgIpc) is 2.76. The minimum atomic E-state index is -0.109. The molecule has 2 amide bonds. The summed E-state index contributed by atoms with van der Waals surface area (Å²) in [5.41, 5.74) is 0.692. The summed E-state index contributed by atoms with van der Waals surface area (Å²) < 4.78 is 0. The number of allylic oxidation sites excluding steroid dienone is 1. The van der Waals surface area contributed by atoms with Crippen LogP contribution in [0.15, 0.2) is 12.3 Å². The van der Waals surface area contributed by atoms with Crippen LogP contribution in [-0.2, 0) is 0 Å². The van der Waals surface area contributed by atoms with Gasteiger partial charge >= 0.3 is 6.03 Å². The number of hydrogen-bond acceptors (Lipinski definition) is 1. The van der Waals surface area contributed by atoms with Crippen molar-refractivity contribution in [2.45, 2.75) is 45.6 Å². The van der Waals surface area contributed by atoms with Crippen LogP contribution in [0.25, 0.3) is 0 Å². The van der Waals surface area contributed by atoms with Gasteiger partial charge in [0.25, 0.3) is 0 Å². The summed E-state index contributed by atoms with van der Waals surface area (Å²) in [7, 11) is 0. The Balaban J connectivity index is 1.82. The second-order valence-corrected chi connectivity index (χ2v) is 5.51. The SMILES string of the molecule is C=C(C)NC(=O)NC(C)C1CC2CCC1C2. The van der Waals surface area contributed by atoms with E-state index in [1.165, 1.54) is 25.7 Å². The van der Waals surface area contributed by atoms with E-state index in [2.05, 4.69) is 24.1 Å². The highest BCUT2D eigenvalue weighted by atomic mass is 16.2. The lowest BCUT2D eigenvalue weighted by molar-refractivity contribution is 0.222. The molecule has 2 N–H and O–H groups in total. The Morgan fingerprint density at radius 1 is 1.38 bits per heavy atom. The molecule has 3 heteroatoms. The molecular weight excluding hydrogens is 200 g/mol. The first kappa shape index (κ1) is 11.5. The van der Waals surface area contributed by atoms with E-state index in [0.29, 0.717) is 11.6 Å². The molecule has 3 nitrogen and oxygen atoms in total. The highest BCUT2D eigenvalue weighted by Crippen LogP contribution is 2.49. The van der Waals surface area contributed by atoms with Crippen molar-refractivity contribution >= 4 is 6.03 Å². The van der Waals surface area contributed by atoms with E-state index in [9.17, 15) is 4.79 Å². The predicted molar refractivity (Wildman–Crippen MR) is 64.9 cm³/mol. The largest absolute Gasteiger partial charge is 0.335 e. The normalized spacial score (nSPS) is 33.5. The van der Waals surface area contributed by atoms with Crippen molar-refractivity contribution in [2.75, 3.05) is 0 Å². The molecule has 0 aromatic heterocycles. The van der Waals surface area contributed by atoms with Gasteiger partial charge in [-0.2, -0.15) is 0 Å². The number of carbonyl (C=O) groups is 1. The van der Waals surface area contributed by atoms with Crippen LogP contribution in [0, 0.1) is 17.8 Å². The monoisotopic (exact) mass is 222 g/mol. The molecule has 4 unspecified atom stereocenters. The lowest BCUT2D eigenvalue weighted by atomic mass is 9.84. The molecule has 0 saturated heterocycles. The van der Waals surface area contributed by atoms with Crippen molar-refractivity contribution in [1.29, 1.82) is 0 Å². The van der Waals surface area contributed by atoms with Gasteiger partial charge in [-0.1, -0.05) is 13.0 Å². The lowest BCUT2D eigenvalue weighted by Gasteiger charge is -2.28. The van der Waals surface area contributed by atoms with Crippen molar-refractivity contribution in [3.63, 3.8) is 0 Å². The molecule has 0 aromatic carbocycles. The molecule has 16 heavy (non-hydrogen) atoms. The second-order valence-electron chi connectivity index (χ2n) is 5.51. The lowest BCUT2D eigenvalue weighted by Crippen LogP contribution is -2.44. The summed E-state index contributed by atoms with van der Waals surface area (Å²) >= 11 is 0. The van der Waals surface area contributed by atoms with Gasteiger partial charge in [-0.15, -0.1) is 0 Å². The van der Waals surface area contributed by atoms with Crippen LogP contribution in [0.3, 0.4) is 0 Å². The van der Waals surface area contributed by atoms with Crippen LogP contribution in [0.1, 0.15) is 39.5 Å². The summed E-state index contributed by atoms with van der Waals surface area (Å²) in [5, 5.41) is 5.72. The van der Waals surface area contributed by atoms with Crippen molar-refractivity contribution in [2.24, 2.45) is 17.8 Å². The Morgan fingerprint density at radius 2 is 2.12 bits per heavy atom. The van der Waals surface area contributed by atoms with Crippen LogP contribution >= 0.6 is 0 Å². The summed E-state index contributed by atoms with van der Waals surface area (Å²) in [5.74, 6) is 2.48. The van der Waals surface area contributed by atoms with Crippen molar-refractivity contribution in [3.8, 4) is 0 Å². The smallest absolute Gasteiger partial charge is 0.319 e. The molecule has 2 saturated carbocycles. The fourth-order valence-electron chi connectivity index (χ4n) is 3.45. The van der Waals surface area contributed by atoms with Crippen molar-refractivity contribution in [3.05, 3.63) is 12.3 Å². The number of rotatable bonds is 3. The van der Waals surface area contributed by atoms with Gasteiger partial charge in [-0.05, 0) is 50.9 Å². The Hall–Kier alpha value is -0.990. The third kappa shape index (κ3) is 2.39. The van der Waals surface area contributed by atoms with Crippen LogP contribution in [0.2, 0.25) is 0 Å². The quantitative estimate of drug-likeness (QED) is 0.757. The molecule has 2 rings (SSSR count). The van der Waals surface area contributed by atoms with E-state index in [0.717, 1.165) is 11.8 Å². The minimum absolute atomic E-state index is 0.109. The van der Waals surface area contributed by atoms with Crippen LogP contribution in [0.4, 0.5) is 4.79 Å². The van der Waals surface area contributed by atoms with E-state index >= 15 is 0 Å². The van der Waals surface area contributed by atoms with E-state index < -0.39 is 0 Å². The zero-order valence-corrected chi connectivity index (χ0v) is 10.3. The highest BCUT2D eigenvalue weighted by Gasteiger charge is 2.42. The number of urea groups is 1. The van der Waals surface area contributed by atoms with E-state index in [1.807, 2.05) is 0 Å². The molecule has 2 fully saturated rings. The van der Waals surface area contributed by atoms with Crippen LogP contribution in [0.5, 0.6) is 0 Å². The van der Waals surface area contributed by atoms with Gasteiger partial charge in [-0.3, -0.25) is 0 Å². The number of fused-ring (bicyclic) bond motifs is 2. The highest BCUT2D eigenvalue weighted by molar-refractivity contribution is 5.75. The van der Waals surface area contributed by atoms with Gasteiger partial charge in [0.2, 0.25) is 0 Å². The van der Waals surface area contributed by atoms with Gasteiger partial charge in [0.05, 0.1) is 0 Å². The summed E-state index contributed by atoms with van der Waals surface area (Å²) in [6.07, 6.45) is 5.47. The fourth-order valence-corrected chi connectivity index (χ4v) is 3.45. The summed E-state index contributed by atoms with van der Waals surface area (Å²) in [6.45, 7) is 7.59. The Kier molecular flexibility index (Phi) is 3.22. The molecular formula is C13H22N2O. The topological polar surface area (TPSA) is 41.1 Å². The zero-order valence-electron chi connectivity index (χ0n) is 10.3. The molecule has 2 bridgehead atoms. The first-order valence-electron chi connectivity index (χ1n) is 6.29. The fraction of sp³-hybridized carbons (Fsp3) is 0.769. The number of amides is 2. The third-order valence-corrected chi connectivity index (χ3v) is 4.12. The summed E-state index contributed by atoms with van der Waals surface area (Å²) in [6, 6.07) is 0.178. The molecule has 0 radical (unpaired) electrons. The Morgan fingerprint density at radius 3 is 2.62 bits per heavy atom. The number of nitrogens with one attached hydrogen (secondary N) is 2. The van der Waals surface area contributed by atoms with Gasteiger partial charge in [0.15, 0.2) is 0 Å². The molecule has 2 aliphatic rings. The van der Waals surface area contributed by atoms with E-state index in [1.54, 1.807) is 6.92 Å². The first-order valence-corrected chi connectivity index (χ1v) is 6.29. The Labute approximate surface area is 97.7 Å².